The second kappa shape index (κ2) is 10.2. The van der Waals surface area contributed by atoms with Crippen molar-refractivity contribution in [2.24, 2.45) is 5.92 Å². The zero-order chi connectivity index (χ0) is 25.3. The van der Waals surface area contributed by atoms with Crippen molar-refractivity contribution in [1.82, 2.24) is 30.2 Å². The molecule has 0 spiro atoms. The Labute approximate surface area is 209 Å². The molecular weight excluding hydrogens is 464 g/mol. The van der Waals surface area contributed by atoms with Gasteiger partial charge >= 0.3 is 0 Å². The van der Waals surface area contributed by atoms with Gasteiger partial charge in [-0.2, -0.15) is 0 Å². The van der Waals surface area contributed by atoms with E-state index >= 15 is 0 Å². The fourth-order valence-electron chi connectivity index (χ4n) is 4.58. The minimum Gasteiger partial charge on any atom is -0.391 e. The van der Waals surface area contributed by atoms with E-state index in [1.807, 2.05) is 64.4 Å². The second-order valence-electron chi connectivity index (χ2n) is 9.54. The van der Waals surface area contributed by atoms with E-state index in [4.69, 9.17) is 0 Å². The Morgan fingerprint density at radius 3 is 2.46 bits per heavy atom. The van der Waals surface area contributed by atoms with E-state index in [9.17, 15) is 14.7 Å². The molecule has 186 valence electrons. The van der Waals surface area contributed by atoms with Crippen molar-refractivity contribution in [3.05, 3.63) is 52.9 Å². The quantitative estimate of drug-likeness (QED) is 0.520. The van der Waals surface area contributed by atoms with Gasteiger partial charge in [0.2, 0.25) is 11.8 Å². The summed E-state index contributed by atoms with van der Waals surface area (Å²) in [6.45, 7) is 9.69. The monoisotopic (exact) mass is 496 g/mol. The molecule has 4 atom stereocenters. The van der Waals surface area contributed by atoms with E-state index in [0.717, 1.165) is 21.7 Å². The van der Waals surface area contributed by atoms with E-state index in [-0.39, 0.29) is 36.7 Å². The van der Waals surface area contributed by atoms with Gasteiger partial charge in [0, 0.05) is 19.2 Å². The maximum absolute atomic E-state index is 13.5. The first-order valence-electron chi connectivity index (χ1n) is 11.8. The summed E-state index contributed by atoms with van der Waals surface area (Å²) in [5.41, 5.74) is 5.59. The van der Waals surface area contributed by atoms with Gasteiger partial charge in [0.15, 0.2) is 0 Å². The number of aromatic nitrogens is 4. The van der Waals surface area contributed by atoms with Gasteiger partial charge in [-0.25, -0.2) is 9.67 Å². The van der Waals surface area contributed by atoms with Gasteiger partial charge in [-0.3, -0.25) is 9.59 Å². The number of carbonyl (C=O) groups is 2. The molecule has 0 bridgehead atoms. The minimum absolute atomic E-state index is 0.0651. The number of rotatable bonds is 7. The van der Waals surface area contributed by atoms with Crippen molar-refractivity contribution in [1.29, 1.82) is 0 Å². The number of amides is 2. The summed E-state index contributed by atoms with van der Waals surface area (Å²) in [5, 5.41) is 21.5. The van der Waals surface area contributed by atoms with Gasteiger partial charge in [0.05, 0.1) is 33.9 Å². The largest absolute Gasteiger partial charge is 0.391 e. The van der Waals surface area contributed by atoms with Crippen LogP contribution in [0.1, 0.15) is 56.2 Å². The van der Waals surface area contributed by atoms with E-state index in [1.54, 1.807) is 22.2 Å². The number of carbonyl (C=O) groups excluding carboxylic acids is 2. The number of aryl methyl sites for hydroxylation is 2. The Morgan fingerprint density at radius 1 is 1.17 bits per heavy atom. The van der Waals surface area contributed by atoms with Crippen LogP contribution >= 0.6 is 11.3 Å². The zero-order valence-electron chi connectivity index (χ0n) is 20.7. The molecule has 0 aliphatic carbocycles. The first-order chi connectivity index (χ1) is 16.7. The summed E-state index contributed by atoms with van der Waals surface area (Å²) in [6, 6.07) is 6.44. The Balaban J connectivity index is 1.47. The van der Waals surface area contributed by atoms with E-state index in [1.165, 1.54) is 4.90 Å². The topological polar surface area (TPSA) is 113 Å². The molecule has 2 N–H and O–H groups in total. The zero-order valence-corrected chi connectivity index (χ0v) is 21.5. The number of nitrogens with one attached hydrogen (secondary N) is 1. The van der Waals surface area contributed by atoms with Crippen LogP contribution < -0.4 is 5.32 Å². The summed E-state index contributed by atoms with van der Waals surface area (Å²) >= 11 is 1.60. The highest BCUT2D eigenvalue weighted by molar-refractivity contribution is 7.13. The summed E-state index contributed by atoms with van der Waals surface area (Å²) in [6.07, 6.45) is 1.18. The lowest BCUT2D eigenvalue weighted by Gasteiger charge is -2.30. The number of benzene rings is 1. The molecule has 3 heterocycles. The lowest BCUT2D eigenvalue weighted by Crippen LogP contribution is -2.49. The van der Waals surface area contributed by atoms with Gasteiger partial charge in [0.1, 0.15) is 12.1 Å². The van der Waals surface area contributed by atoms with Crippen molar-refractivity contribution in [3.8, 4) is 10.4 Å². The fraction of sp³-hybridized carbons (Fsp3) is 0.480. The SMILES string of the molecule is Cc1cn([C@H](C(=O)N2C[C@H](O)C[C@H]2C(=O)N[C@@H](C)c2ccc(-c3scnc3C)cc2)C(C)C)nn1. The minimum atomic E-state index is -0.753. The molecule has 10 heteroatoms. The Bertz CT molecular complexity index is 1190. The van der Waals surface area contributed by atoms with E-state index < -0.39 is 18.2 Å². The van der Waals surface area contributed by atoms with Crippen molar-refractivity contribution in [2.45, 2.75) is 65.3 Å². The molecular formula is C25H32N6O3S. The van der Waals surface area contributed by atoms with Crippen molar-refractivity contribution in [2.75, 3.05) is 6.54 Å². The van der Waals surface area contributed by atoms with Crippen molar-refractivity contribution < 1.29 is 14.7 Å². The third-order valence-corrected chi connectivity index (χ3v) is 7.41. The van der Waals surface area contributed by atoms with Crippen molar-refractivity contribution in [3.63, 3.8) is 0 Å². The molecule has 1 aliphatic heterocycles. The number of thiazole rings is 1. The van der Waals surface area contributed by atoms with Crippen LogP contribution in [0.25, 0.3) is 10.4 Å². The van der Waals surface area contributed by atoms with Crippen LogP contribution in [0.15, 0.2) is 36.0 Å². The summed E-state index contributed by atoms with van der Waals surface area (Å²) in [7, 11) is 0. The van der Waals surface area contributed by atoms with Gasteiger partial charge < -0.3 is 15.3 Å². The van der Waals surface area contributed by atoms with Crippen LogP contribution in [0.4, 0.5) is 0 Å². The smallest absolute Gasteiger partial charge is 0.248 e. The highest BCUT2D eigenvalue weighted by atomic mass is 32.1. The number of β-amino-alcohol motifs (C(OH)–C–C–N with tert-alkyl or cyclic N) is 1. The summed E-state index contributed by atoms with van der Waals surface area (Å²) in [4.78, 5) is 33.7. The molecule has 9 nitrogen and oxygen atoms in total. The maximum atomic E-state index is 13.5. The first-order valence-corrected chi connectivity index (χ1v) is 12.7. The third kappa shape index (κ3) is 5.28. The molecule has 1 aromatic carbocycles. The summed E-state index contributed by atoms with van der Waals surface area (Å²) < 4.78 is 1.55. The molecule has 35 heavy (non-hydrogen) atoms. The Kier molecular flexibility index (Phi) is 7.32. The third-order valence-electron chi connectivity index (χ3n) is 6.44. The van der Waals surface area contributed by atoms with Crippen molar-refractivity contribution >= 4 is 23.2 Å². The predicted octanol–water partition coefficient (Wildman–Crippen LogP) is 3.05. The van der Waals surface area contributed by atoms with Gasteiger partial charge in [0.25, 0.3) is 0 Å². The average molecular weight is 497 g/mol. The lowest BCUT2D eigenvalue weighted by atomic mass is 10.0. The standard InChI is InChI=1S/C25H32N6O3S/c1-14(2)22(31-11-15(3)28-29-31)25(34)30-12-20(32)10-21(30)24(33)27-16(4)18-6-8-19(9-7-18)23-17(5)26-13-35-23/h6-9,11,13-14,16,20-22,32H,10,12H2,1-5H3,(H,27,33)/t16-,20+,21-,22-/m0/s1. The lowest BCUT2D eigenvalue weighted by molar-refractivity contribution is -0.142. The predicted molar refractivity (Wildman–Crippen MR) is 134 cm³/mol. The fourth-order valence-corrected chi connectivity index (χ4v) is 5.39. The number of aliphatic hydroxyl groups is 1. The normalized spacial score (nSPS) is 19.7. The number of hydrogen-bond donors (Lipinski definition) is 2. The molecule has 2 amide bonds. The molecule has 3 aromatic rings. The van der Waals surface area contributed by atoms with E-state index in [2.05, 4.69) is 20.6 Å². The van der Waals surface area contributed by atoms with E-state index in [0.29, 0.717) is 5.69 Å². The number of nitrogens with zero attached hydrogens (tertiary/aromatic N) is 5. The van der Waals surface area contributed by atoms with Gasteiger partial charge in [-0.15, -0.1) is 16.4 Å². The molecule has 0 unspecified atom stereocenters. The highest BCUT2D eigenvalue weighted by Gasteiger charge is 2.42. The van der Waals surface area contributed by atoms with Crippen LogP contribution in [0.5, 0.6) is 0 Å². The maximum Gasteiger partial charge on any atom is 0.248 e. The summed E-state index contributed by atoms with van der Waals surface area (Å²) in [5.74, 6) is -0.578. The van der Waals surface area contributed by atoms with Crippen LogP contribution in [-0.2, 0) is 9.59 Å². The second-order valence-corrected chi connectivity index (χ2v) is 10.4. The molecule has 2 aromatic heterocycles. The highest BCUT2D eigenvalue weighted by Crippen LogP contribution is 2.29. The Hall–Kier alpha value is -3.11. The molecule has 1 aliphatic rings. The van der Waals surface area contributed by atoms with Crippen LogP contribution in [0.2, 0.25) is 0 Å². The molecule has 0 saturated carbocycles. The Morgan fingerprint density at radius 2 is 1.89 bits per heavy atom. The van der Waals surface area contributed by atoms with Crippen LogP contribution in [0, 0.1) is 19.8 Å². The molecule has 1 fully saturated rings. The van der Waals surface area contributed by atoms with Crippen LogP contribution in [-0.4, -0.2) is 60.5 Å². The molecule has 1 saturated heterocycles. The first kappa shape index (κ1) is 25.0. The van der Waals surface area contributed by atoms with Gasteiger partial charge in [-0.05, 0) is 37.8 Å². The molecule has 0 radical (unpaired) electrons. The number of aliphatic hydroxyl groups excluding tert-OH is 1. The number of hydrogen-bond acceptors (Lipinski definition) is 7. The molecule has 4 rings (SSSR count). The average Bonchev–Trinajstić information content (AvgIpc) is 3.53. The van der Waals surface area contributed by atoms with Gasteiger partial charge in [-0.1, -0.05) is 43.3 Å². The number of likely N-dealkylation sites (tertiary alicyclic amines) is 1. The van der Waals surface area contributed by atoms with Crippen LogP contribution in [0.3, 0.4) is 0 Å².